The third-order valence-electron chi connectivity index (χ3n) is 6.98. The van der Waals surface area contributed by atoms with Gasteiger partial charge in [-0.15, -0.1) is 0 Å². The quantitative estimate of drug-likeness (QED) is 0.295. The largest absolute Gasteiger partial charge is 0.497 e. The number of carboxylic acids is 1. The van der Waals surface area contributed by atoms with E-state index in [9.17, 15) is 19.9 Å². The van der Waals surface area contributed by atoms with Gasteiger partial charge in [0.2, 0.25) is 5.43 Å². The Balaban J connectivity index is 1.41. The molecule has 0 bridgehead atoms. The number of nitrogens with zero attached hydrogens (tertiary/aromatic N) is 4. The topological polar surface area (TPSA) is 117 Å². The third-order valence-corrected chi connectivity index (χ3v) is 6.98. The van der Waals surface area contributed by atoms with Gasteiger partial charge >= 0.3 is 5.97 Å². The lowest BCUT2D eigenvalue weighted by Gasteiger charge is -2.38. The first kappa shape index (κ1) is 24.6. The van der Waals surface area contributed by atoms with E-state index in [4.69, 9.17) is 9.47 Å². The lowest BCUT2D eigenvalue weighted by Crippen LogP contribution is -2.48. The zero-order valence-electron chi connectivity index (χ0n) is 20.5. The van der Waals surface area contributed by atoms with E-state index in [1.165, 1.54) is 6.20 Å². The summed E-state index contributed by atoms with van der Waals surface area (Å²) in [5, 5.41) is 22.5. The van der Waals surface area contributed by atoms with Crippen molar-refractivity contribution in [1.29, 1.82) is 0 Å². The van der Waals surface area contributed by atoms with E-state index in [-0.39, 0.29) is 29.5 Å². The molecule has 2 aliphatic rings. The van der Waals surface area contributed by atoms with Gasteiger partial charge in [0.25, 0.3) is 0 Å². The highest BCUT2D eigenvalue weighted by Crippen LogP contribution is 2.42. The average Bonchev–Trinajstić information content (AvgIpc) is 2.90. The normalized spacial score (nSPS) is 18.1. The Morgan fingerprint density at radius 2 is 1.92 bits per heavy atom. The van der Waals surface area contributed by atoms with Gasteiger partial charge in [0.1, 0.15) is 29.3 Å². The number of benzene rings is 2. The Morgan fingerprint density at radius 3 is 2.54 bits per heavy atom. The maximum absolute atomic E-state index is 15.5. The summed E-state index contributed by atoms with van der Waals surface area (Å²) in [4.78, 5) is 28.4. The number of carbonyl (C=O) groups is 1. The summed E-state index contributed by atoms with van der Waals surface area (Å²) in [6.07, 6.45) is 1.32. The number of pyridine rings is 1. The van der Waals surface area contributed by atoms with E-state index in [0.29, 0.717) is 49.7 Å². The predicted molar refractivity (Wildman–Crippen MR) is 135 cm³/mol. The summed E-state index contributed by atoms with van der Waals surface area (Å²) in [6, 6.07) is 8.14. The molecule has 0 saturated carbocycles. The first-order valence-electron chi connectivity index (χ1n) is 11.9. The Morgan fingerprint density at radius 1 is 1.22 bits per heavy atom. The van der Waals surface area contributed by atoms with Gasteiger partial charge in [0.15, 0.2) is 11.6 Å². The summed E-state index contributed by atoms with van der Waals surface area (Å²) in [6.45, 7) is 4.60. The number of rotatable bonds is 6. The van der Waals surface area contributed by atoms with E-state index in [0.717, 1.165) is 11.6 Å². The monoisotopic (exact) mass is 510 g/mol. The van der Waals surface area contributed by atoms with Crippen LogP contribution in [0.4, 0.5) is 10.1 Å². The molecule has 1 saturated heterocycles. The number of oxime groups is 1. The van der Waals surface area contributed by atoms with E-state index in [1.54, 1.807) is 23.8 Å². The summed E-state index contributed by atoms with van der Waals surface area (Å²) in [7, 11) is 1.58. The molecule has 2 aromatic carbocycles. The number of methoxy groups -OCH3 is 1. The Hall–Kier alpha value is -4.12. The van der Waals surface area contributed by atoms with Crippen LogP contribution < -0.4 is 19.8 Å². The number of aromatic nitrogens is 1. The molecule has 0 aliphatic carbocycles. The van der Waals surface area contributed by atoms with Crippen LogP contribution in [0.3, 0.4) is 0 Å². The van der Waals surface area contributed by atoms with Crippen LogP contribution in [-0.4, -0.2) is 77.9 Å². The lowest BCUT2D eigenvalue weighted by atomic mass is 10.1. The smallest absolute Gasteiger partial charge is 0.341 e. The van der Waals surface area contributed by atoms with Gasteiger partial charge < -0.3 is 29.3 Å². The molecule has 0 radical (unpaired) electrons. The van der Waals surface area contributed by atoms with Gasteiger partial charge in [0.05, 0.1) is 24.1 Å². The highest BCUT2D eigenvalue weighted by atomic mass is 19.1. The molecule has 37 heavy (non-hydrogen) atoms. The van der Waals surface area contributed by atoms with Crippen molar-refractivity contribution in [3.63, 3.8) is 0 Å². The molecule has 0 amide bonds. The summed E-state index contributed by atoms with van der Waals surface area (Å²) < 4.78 is 28.3. The SMILES string of the molecule is COc1ccc(/C(CN2CCN(c3c(F)cc4c(=O)c(C(=O)O)cn5c4c3OC[C@@H]5C)CC2)=N/O)cc1. The van der Waals surface area contributed by atoms with Crippen molar-refractivity contribution in [2.75, 3.05) is 51.3 Å². The molecule has 1 fully saturated rings. The number of ether oxygens (including phenoxy) is 2. The summed E-state index contributed by atoms with van der Waals surface area (Å²) >= 11 is 0. The highest BCUT2D eigenvalue weighted by molar-refractivity contribution is 6.02. The van der Waals surface area contributed by atoms with E-state index in [2.05, 4.69) is 10.1 Å². The Kier molecular flexibility index (Phi) is 6.46. The molecule has 1 aromatic heterocycles. The van der Waals surface area contributed by atoms with Crippen molar-refractivity contribution in [1.82, 2.24) is 9.47 Å². The first-order valence-corrected chi connectivity index (χ1v) is 11.9. The number of piperazine rings is 1. The fraction of sp³-hybridized carbons (Fsp3) is 0.346. The standard InChI is InChI=1S/C26H27FN4O6/c1-15-14-37-25-22-18(24(32)19(26(33)34)12-31(15)22)11-20(27)23(25)30-9-7-29(8-10-30)13-21(28-35)16-3-5-17(36-2)6-4-16/h3-6,11-12,15,35H,7-10,13-14H2,1-2H3,(H,33,34)/b28-21+/t15-/m0/s1. The number of halogens is 1. The van der Waals surface area contributed by atoms with Gasteiger partial charge in [-0.2, -0.15) is 0 Å². The number of carboxylic acid groups (broad SMARTS) is 1. The van der Waals surface area contributed by atoms with Crippen LogP contribution in [-0.2, 0) is 0 Å². The summed E-state index contributed by atoms with van der Waals surface area (Å²) in [5.74, 6) is -1.02. The molecule has 2 aliphatic heterocycles. The van der Waals surface area contributed by atoms with E-state index in [1.807, 2.05) is 24.0 Å². The van der Waals surface area contributed by atoms with Gasteiger partial charge in [-0.1, -0.05) is 5.16 Å². The fourth-order valence-corrected chi connectivity index (χ4v) is 4.96. The van der Waals surface area contributed by atoms with Crippen molar-refractivity contribution in [2.45, 2.75) is 13.0 Å². The fourth-order valence-electron chi connectivity index (χ4n) is 4.96. The van der Waals surface area contributed by atoms with Crippen molar-refractivity contribution >= 4 is 28.3 Å². The number of hydrogen-bond acceptors (Lipinski definition) is 8. The minimum atomic E-state index is -1.35. The highest BCUT2D eigenvalue weighted by Gasteiger charge is 2.31. The van der Waals surface area contributed by atoms with Crippen molar-refractivity contribution in [2.24, 2.45) is 5.16 Å². The molecule has 0 unspecified atom stereocenters. The molecule has 194 valence electrons. The number of anilines is 1. The second-order valence-corrected chi connectivity index (χ2v) is 9.22. The molecular weight excluding hydrogens is 483 g/mol. The van der Waals surface area contributed by atoms with Crippen molar-refractivity contribution in [3.05, 3.63) is 63.7 Å². The van der Waals surface area contributed by atoms with Crippen LogP contribution in [0.1, 0.15) is 28.9 Å². The van der Waals surface area contributed by atoms with Crippen molar-refractivity contribution in [3.8, 4) is 11.5 Å². The summed E-state index contributed by atoms with van der Waals surface area (Å²) in [5.41, 5.74) is 0.826. The number of aromatic carboxylic acids is 1. The maximum atomic E-state index is 15.5. The van der Waals surface area contributed by atoms with Gasteiger partial charge in [0, 0.05) is 44.5 Å². The van der Waals surface area contributed by atoms with Gasteiger partial charge in [-0.25, -0.2) is 9.18 Å². The molecule has 2 N–H and O–H groups in total. The molecule has 0 spiro atoms. The van der Waals surface area contributed by atoms with E-state index < -0.39 is 22.8 Å². The second kappa shape index (κ2) is 9.74. The molecule has 5 rings (SSSR count). The molecule has 10 nitrogen and oxygen atoms in total. The van der Waals surface area contributed by atoms with Crippen molar-refractivity contribution < 1.29 is 29.0 Å². The molecule has 3 heterocycles. The first-order chi connectivity index (χ1) is 17.8. The van der Waals surface area contributed by atoms with Gasteiger partial charge in [-0.05, 0) is 37.3 Å². The Bertz CT molecular complexity index is 1440. The Labute approximate surface area is 211 Å². The molecule has 1 atom stereocenters. The molecule has 3 aromatic rings. The van der Waals surface area contributed by atoms with Crippen LogP contribution >= 0.6 is 0 Å². The zero-order valence-corrected chi connectivity index (χ0v) is 20.5. The maximum Gasteiger partial charge on any atom is 0.341 e. The van der Waals surface area contributed by atoms with Gasteiger partial charge in [-0.3, -0.25) is 9.69 Å². The minimum Gasteiger partial charge on any atom is -0.497 e. The minimum absolute atomic E-state index is 0.00960. The number of hydrogen-bond donors (Lipinski definition) is 2. The zero-order chi connectivity index (χ0) is 26.3. The van der Waals surface area contributed by atoms with Crippen LogP contribution in [0, 0.1) is 5.82 Å². The molecule has 11 heteroatoms. The van der Waals surface area contributed by atoms with E-state index >= 15 is 4.39 Å². The molecular formula is C26H27FN4O6. The lowest BCUT2D eigenvalue weighted by molar-refractivity contribution is 0.0694. The van der Waals surface area contributed by atoms with Crippen LogP contribution in [0.2, 0.25) is 0 Å². The predicted octanol–water partition coefficient (Wildman–Crippen LogP) is 2.80. The second-order valence-electron chi connectivity index (χ2n) is 9.22. The van der Waals surface area contributed by atoms with Crippen LogP contribution in [0.25, 0.3) is 10.9 Å². The van der Waals surface area contributed by atoms with Crippen LogP contribution in [0.5, 0.6) is 11.5 Å². The van der Waals surface area contributed by atoms with Crippen LogP contribution in [0.15, 0.2) is 46.5 Å². The average molecular weight is 511 g/mol. The third kappa shape index (κ3) is 4.35.